The Labute approximate surface area is 128 Å². The average molecular weight is 288 g/mol. The normalized spacial score (nSPS) is 25.0. The first-order chi connectivity index (χ1) is 10.1. The van der Waals surface area contributed by atoms with Gasteiger partial charge in [0.25, 0.3) is 0 Å². The Kier molecular flexibility index (Phi) is 4.45. The number of pyridine rings is 1. The molecule has 1 aromatic rings. The second kappa shape index (κ2) is 6.32. The van der Waals surface area contributed by atoms with Crippen molar-refractivity contribution in [3.63, 3.8) is 0 Å². The molecular weight excluding hydrogens is 260 g/mol. The predicted octanol–water partition coefficient (Wildman–Crippen LogP) is 2.38. The van der Waals surface area contributed by atoms with Crippen LogP contribution in [-0.2, 0) is 0 Å². The van der Waals surface area contributed by atoms with Crippen LogP contribution in [0.3, 0.4) is 0 Å². The zero-order valence-electron chi connectivity index (χ0n) is 13.6. The lowest BCUT2D eigenvalue weighted by Gasteiger charge is -2.33. The van der Waals surface area contributed by atoms with Gasteiger partial charge in [-0.15, -0.1) is 0 Å². The van der Waals surface area contributed by atoms with Gasteiger partial charge >= 0.3 is 0 Å². The number of anilines is 1. The largest absolute Gasteiger partial charge is 0.354 e. The number of nitrogens with zero attached hydrogens (tertiary/aromatic N) is 4. The molecule has 0 N–H and O–H groups in total. The third kappa shape index (κ3) is 3.22. The van der Waals surface area contributed by atoms with Gasteiger partial charge in [-0.1, -0.05) is 6.07 Å². The van der Waals surface area contributed by atoms with Crippen molar-refractivity contribution in [2.45, 2.75) is 38.8 Å². The molecule has 0 bridgehead atoms. The number of piperazine rings is 1. The standard InChI is InChI=1S/C17H28N4/c1-14(2)21-8-4-5-16(21)15-6-7-17(18-13-15)20-11-9-19(3)10-12-20/h6-7,13-14,16H,4-5,8-12H2,1-3H3/t16-/m1/s1. The molecule has 2 aliphatic rings. The minimum absolute atomic E-state index is 0.569. The van der Waals surface area contributed by atoms with Gasteiger partial charge in [0.15, 0.2) is 0 Å². The van der Waals surface area contributed by atoms with Gasteiger partial charge in [0, 0.05) is 44.5 Å². The lowest BCUT2D eigenvalue weighted by atomic mass is 10.1. The van der Waals surface area contributed by atoms with Crippen molar-refractivity contribution in [1.29, 1.82) is 0 Å². The summed E-state index contributed by atoms with van der Waals surface area (Å²) in [7, 11) is 2.19. The highest BCUT2D eigenvalue weighted by Gasteiger charge is 2.28. The average Bonchev–Trinajstić information content (AvgIpc) is 2.98. The smallest absolute Gasteiger partial charge is 0.128 e. The lowest BCUT2D eigenvalue weighted by molar-refractivity contribution is 0.205. The van der Waals surface area contributed by atoms with Crippen molar-refractivity contribution in [2.75, 3.05) is 44.7 Å². The summed E-state index contributed by atoms with van der Waals surface area (Å²) in [6, 6.07) is 5.71. The van der Waals surface area contributed by atoms with Gasteiger partial charge in [0.1, 0.15) is 5.82 Å². The molecule has 1 atom stereocenters. The molecule has 2 aliphatic heterocycles. The van der Waals surface area contributed by atoms with Crippen molar-refractivity contribution >= 4 is 5.82 Å². The van der Waals surface area contributed by atoms with Crippen LogP contribution in [0.1, 0.15) is 38.3 Å². The van der Waals surface area contributed by atoms with Crippen molar-refractivity contribution < 1.29 is 0 Å². The predicted molar refractivity (Wildman–Crippen MR) is 87.8 cm³/mol. The van der Waals surface area contributed by atoms with Gasteiger partial charge in [-0.25, -0.2) is 4.98 Å². The minimum Gasteiger partial charge on any atom is -0.354 e. The molecule has 2 fully saturated rings. The quantitative estimate of drug-likeness (QED) is 0.851. The van der Waals surface area contributed by atoms with E-state index in [2.05, 4.69) is 53.9 Å². The second-order valence-electron chi connectivity index (χ2n) is 6.73. The third-order valence-corrected chi connectivity index (χ3v) is 4.94. The highest BCUT2D eigenvalue weighted by molar-refractivity contribution is 5.40. The molecule has 3 heterocycles. The SMILES string of the molecule is CC(C)N1CCC[C@@H]1c1ccc(N2CCN(C)CC2)nc1. The van der Waals surface area contributed by atoms with E-state index in [1.165, 1.54) is 24.9 Å². The maximum absolute atomic E-state index is 4.75. The highest BCUT2D eigenvalue weighted by atomic mass is 15.3. The Morgan fingerprint density at radius 2 is 1.86 bits per heavy atom. The van der Waals surface area contributed by atoms with Crippen molar-refractivity contribution in [3.8, 4) is 0 Å². The Morgan fingerprint density at radius 1 is 1.10 bits per heavy atom. The second-order valence-corrected chi connectivity index (χ2v) is 6.73. The zero-order valence-corrected chi connectivity index (χ0v) is 13.6. The number of likely N-dealkylation sites (N-methyl/N-ethyl adjacent to an activating group) is 1. The molecule has 21 heavy (non-hydrogen) atoms. The topological polar surface area (TPSA) is 22.6 Å². The summed E-state index contributed by atoms with van der Waals surface area (Å²) in [5.74, 6) is 1.14. The van der Waals surface area contributed by atoms with E-state index in [9.17, 15) is 0 Å². The Morgan fingerprint density at radius 3 is 2.48 bits per heavy atom. The molecule has 4 heteroatoms. The van der Waals surface area contributed by atoms with Crippen LogP contribution in [0.4, 0.5) is 5.82 Å². The van der Waals surface area contributed by atoms with Gasteiger partial charge in [0.2, 0.25) is 0 Å². The molecule has 4 nitrogen and oxygen atoms in total. The van der Waals surface area contributed by atoms with Crippen molar-refractivity contribution in [2.24, 2.45) is 0 Å². The number of aromatic nitrogens is 1. The fourth-order valence-corrected chi connectivity index (χ4v) is 3.58. The van der Waals surface area contributed by atoms with Crippen LogP contribution >= 0.6 is 0 Å². The molecule has 3 rings (SSSR count). The van der Waals surface area contributed by atoms with Gasteiger partial charge < -0.3 is 9.80 Å². The molecule has 1 aromatic heterocycles. The Bertz CT molecular complexity index is 448. The van der Waals surface area contributed by atoms with Crippen LogP contribution in [0.5, 0.6) is 0 Å². The van der Waals surface area contributed by atoms with Crippen LogP contribution in [0, 0.1) is 0 Å². The maximum Gasteiger partial charge on any atom is 0.128 e. The van der Waals surface area contributed by atoms with Crippen LogP contribution < -0.4 is 4.90 Å². The number of hydrogen-bond acceptors (Lipinski definition) is 4. The molecule has 0 radical (unpaired) electrons. The molecule has 0 aromatic carbocycles. The molecule has 0 spiro atoms. The molecule has 0 amide bonds. The van der Waals surface area contributed by atoms with E-state index in [4.69, 9.17) is 4.98 Å². The zero-order chi connectivity index (χ0) is 14.8. The first-order valence-corrected chi connectivity index (χ1v) is 8.30. The van der Waals surface area contributed by atoms with Gasteiger partial charge in [-0.2, -0.15) is 0 Å². The summed E-state index contributed by atoms with van der Waals surface area (Å²) >= 11 is 0. The van der Waals surface area contributed by atoms with Crippen molar-refractivity contribution in [1.82, 2.24) is 14.8 Å². The first-order valence-electron chi connectivity index (χ1n) is 8.30. The fraction of sp³-hybridized carbons (Fsp3) is 0.706. The van der Waals surface area contributed by atoms with E-state index in [1.54, 1.807) is 0 Å². The van der Waals surface area contributed by atoms with E-state index < -0.39 is 0 Å². The molecule has 0 aliphatic carbocycles. The maximum atomic E-state index is 4.75. The van der Waals surface area contributed by atoms with Gasteiger partial charge in [-0.05, 0) is 51.9 Å². The number of rotatable bonds is 3. The Hall–Kier alpha value is -1.13. The molecule has 2 saturated heterocycles. The van der Waals surface area contributed by atoms with Crippen molar-refractivity contribution in [3.05, 3.63) is 23.9 Å². The monoisotopic (exact) mass is 288 g/mol. The number of likely N-dealkylation sites (tertiary alicyclic amines) is 1. The van der Waals surface area contributed by atoms with Crippen LogP contribution in [0.25, 0.3) is 0 Å². The van der Waals surface area contributed by atoms with Crippen LogP contribution in [-0.4, -0.2) is 60.6 Å². The highest BCUT2D eigenvalue weighted by Crippen LogP contribution is 2.33. The molecule has 116 valence electrons. The van der Waals surface area contributed by atoms with E-state index >= 15 is 0 Å². The minimum atomic E-state index is 0.569. The molecular formula is C17H28N4. The lowest BCUT2D eigenvalue weighted by Crippen LogP contribution is -2.44. The Balaban J connectivity index is 1.69. The first kappa shape index (κ1) is 14.8. The fourth-order valence-electron chi connectivity index (χ4n) is 3.58. The molecule has 0 saturated carbocycles. The molecule has 0 unspecified atom stereocenters. The van der Waals surface area contributed by atoms with Crippen LogP contribution in [0.15, 0.2) is 18.3 Å². The summed E-state index contributed by atoms with van der Waals surface area (Å²) < 4.78 is 0. The summed E-state index contributed by atoms with van der Waals surface area (Å²) in [6.45, 7) is 10.3. The van der Waals surface area contributed by atoms with E-state index in [0.29, 0.717) is 12.1 Å². The summed E-state index contributed by atoms with van der Waals surface area (Å²) in [6.07, 6.45) is 4.69. The van der Waals surface area contributed by atoms with Gasteiger partial charge in [-0.3, -0.25) is 4.90 Å². The summed E-state index contributed by atoms with van der Waals surface area (Å²) in [4.78, 5) is 12.1. The van der Waals surface area contributed by atoms with Crippen LogP contribution in [0.2, 0.25) is 0 Å². The summed E-state index contributed by atoms with van der Waals surface area (Å²) in [5.41, 5.74) is 1.39. The number of hydrogen-bond donors (Lipinski definition) is 0. The summed E-state index contributed by atoms with van der Waals surface area (Å²) in [5, 5.41) is 0. The third-order valence-electron chi connectivity index (χ3n) is 4.94. The van der Waals surface area contributed by atoms with E-state index in [-0.39, 0.29) is 0 Å². The van der Waals surface area contributed by atoms with E-state index in [0.717, 1.165) is 32.0 Å². The van der Waals surface area contributed by atoms with Gasteiger partial charge in [0.05, 0.1) is 0 Å². The van der Waals surface area contributed by atoms with E-state index in [1.807, 2.05) is 0 Å².